The van der Waals surface area contributed by atoms with Crippen molar-refractivity contribution in [2.45, 2.75) is 37.7 Å². The van der Waals surface area contributed by atoms with Gasteiger partial charge in [-0.1, -0.05) is 13.8 Å². The van der Waals surface area contributed by atoms with E-state index in [1.54, 1.807) is 11.8 Å². The van der Waals surface area contributed by atoms with Gasteiger partial charge in [-0.15, -0.1) is 11.8 Å². The van der Waals surface area contributed by atoms with Crippen molar-refractivity contribution in [3.8, 4) is 0 Å². The van der Waals surface area contributed by atoms with E-state index in [0.29, 0.717) is 19.4 Å². The molecule has 76 valence electrons. The zero-order chi connectivity index (χ0) is 9.90. The van der Waals surface area contributed by atoms with Gasteiger partial charge in [0.2, 0.25) is 0 Å². The van der Waals surface area contributed by atoms with Gasteiger partial charge in [0.1, 0.15) is 0 Å². The summed E-state index contributed by atoms with van der Waals surface area (Å²) in [4.78, 5) is 10.0. The van der Waals surface area contributed by atoms with Crippen molar-refractivity contribution in [1.29, 1.82) is 0 Å². The normalized spacial score (nSPS) is 30.3. The molecule has 0 aliphatic carbocycles. The highest BCUT2D eigenvalue weighted by atomic mass is 32.2. The van der Waals surface area contributed by atoms with Gasteiger partial charge in [-0.2, -0.15) is 0 Å². The first kappa shape index (κ1) is 10.8. The fourth-order valence-corrected chi connectivity index (χ4v) is 3.05. The van der Waals surface area contributed by atoms with Gasteiger partial charge in [-0.3, -0.25) is 10.1 Å². The molecule has 0 radical (unpaired) electrons. The van der Waals surface area contributed by atoms with E-state index < -0.39 is 11.0 Å². The molecule has 1 aliphatic heterocycles. The molecule has 1 rings (SSSR count). The average Bonchev–Trinajstić information content (AvgIpc) is 2.55. The van der Waals surface area contributed by atoms with Gasteiger partial charge in [0.15, 0.2) is 4.93 Å². The lowest BCUT2D eigenvalue weighted by Gasteiger charge is -2.27. The number of hydrogen-bond acceptors (Lipinski definition) is 4. The molecule has 0 aromatic heterocycles. The van der Waals surface area contributed by atoms with Crippen LogP contribution < -0.4 is 0 Å². The van der Waals surface area contributed by atoms with Gasteiger partial charge < -0.3 is 4.74 Å². The fraction of sp³-hybridized carbons (Fsp3) is 1.00. The minimum Gasteiger partial charge on any atom is -0.356 e. The highest BCUT2D eigenvalue weighted by Crippen LogP contribution is 2.40. The number of nitrogens with zero attached hydrogens (tertiary/aromatic N) is 1. The molecule has 0 aromatic carbocycles. The Hall–Kier alpha value is -0.290. The Kier molecular flexibility index (Phi) is 3.55. The minimum absolute atomic E-state index is 0.207. The second-order valence-electron chi connectivity index (χ2n) is 3.07. The van der Waals surface area contributed by atoms with E-state index in [0.717, 1.165) is 5.75 Å². The number of nitro groups is 1. The molecule has 0 N–H and O–H groups in total. The molecule has 1 aliphatic rings. The van der Waals surface area contributed by atoms with E-state index in [4.69, 9.17) is 4.74 Å². The molecule has 4 nitrogen and oxygen atoms in total. The molecular weight excluding hydrogens is 190 g/mol. The van der Waals surface area contributed by atoms with Crippen LogP contribution in [0.5, 0.6) is 0 Å². The van der Waals surface area contributed by atoms with Crippen molar-refractivity contribution in [2.24, 2.45) is 0 Å². The monoisotopic (exact) mass is 205 g/mol. The number of thioether (sulfide) groups is 1. The van der Waals surface area contributed by atoms with Crippen molar-refractivity contribution in [3.63, 3.8) is 0 Å². The zero-order valence-electron chi connectivity index (χ0n) is 7.99. The van der Waals surface area contributed by atoms with Crippen molar-refractivity contribution in [1.82, 2.24) is 0 Å². The Balaban J connectivity index is 2.78. The SMILES string of the molecule is CC[C@@H]([N+](=O)[O-])[C@]1(CC)OCCS1. The van der Waals surface area contributed by atoms with Crippen LogP contribution in [0.3, 0.4) is 0 Å². The quantitative estimate of drug-likeness (QED) is 0.519. The summed E-state index contributed by atoms with van der Waals surface area (Å²) in [6, 6.07) is -0.565. The highest BCUT2D eigenvalue weighted by molar-refractivity contribution is 8.00. The van der Waals surface area contributed by atoms with Gasteiger partial charge in [0, 0.05) is 17.1 Å². The van der Waals surface area contributed by atoms with E-state index in [1.165, 1.54) is 0 Å². The summed E-state index contributed by atoms with van der Waals surface area (Å²) < 4.78 is 5.53. The first-order chi connectivity index (χ1) is 6.16. The first-order valence-corrected chi connectivity index (χ1v) is 5.56. The first-order valence-electron chi connectivity index (χ1n) is 4.57. The van der Waals surface area contributed by atoms with Gasteiger partial charge in [-0.25, -0.2) is 0 Å². The van der Waals surface area contributed by atoms with Gasteiger partial charge in [0.25, 0.3) is 6.04 Å². The maximum absolute atomic E-state index is 10.8. The molecule has 1 heterocycles. The molecule has 13 heavy (non-hydrogen) atoms. The van der Waals surface area contributed by atoms with Gasteiger partial charge in [-0.05, 0) is 6.42 Å². The van der Waals surface area contributed by atoms with Crippen molar-refractivity contribution in [2.75, 3.05) is 12.4 Å². The Labute approximate surface area is 82.2 Å². The molecular formula is C8H15NO3S. The summed E-state index contributed by atoms with van der Waals surface area (Å²) in [6.45, 7) is 4.43. The molecule has 0 unspecified atom stereocenters. The van der Waals surface area contributed by atoms with Crippen LogP contribution in [0, 0.1) is 10.1 Å². The Morgan fingerprint density at radius 1 is 1.69 bits per heavy atom. The molecule has 0 aromatic rings. The fourth-order valence-electron chi connectivity index (χ4n) is 1.72. The second-order valence-corrected chi connectivity index (χ2v) is 4.46. The van der Waals surface area contributed by atoms with Crippen LogP contribution in [0.15, 0.2) is 0 Å². The van der Waals surface area contributed by atoms with Crippen LogP contribution in [0.2, 0.25) is 0 Å². The van der Waals surface area contributed by atoms with Crippen molar-refractivity contribution < 1.29 is 9.66 Å². The summed E-state index contributed by atoms with van der Waals surface area (Å²) >= 11 is 1.59. The van der Waals surface area contributed by atoms with Crippen LogP contribution in [-0.4, -0.2) is 28.3 Å². The Morgan fingerprint density at radius 3 is 2.69 bits per heavy atom. The lowest BCUT2D eigenvalue weighted by atomic mass is 10.1. The third kappa shape index (κ3) is 1.96. The van der Waals surface area contributed by atoms with E-state index >= 15 is 0 Å². The lowest BCUT2D eigenvalue weighted by molar-refractivity contribution is -0.539. The molecule has 5 heteroatoms. The summed E-state index contributed by atoms with van der Waals surface area (Å²) in [5.41, 5.74) is 0. The molecule has 0 bridgehead atoms. The summed E-state index contributed by atoms with van der Waals surface area (Å²) in [5, 5.41) is 10.8. The van der Waals surface area contributed by atoms with E-state index in [1.807, 2.05) is 13.8 Å². The van der Waals surface area contributed by atoms with E-state index in [2.05, 4.69) is 0 Å². The average molecular weight is 205 g/mol. The second kappa shape index (κ2) is 4.28. The smallest absolute Gasteiger partial charge is 0.250 e. The van der Waals surface area contributed by atoms with E-state index in [-0.39, 0.29) is 4.92 Å². The molecule has 2 atom stereocenters. The number of rotatable bonds is 4. The van der Waals surface area contributed by atoms with Crippen molar-refractivity contribution in [3.05, 3.63) is 10.1 Å². The summed E-state index contributed by atoms with van der Waals surface area (Å²) in [7, 11) is 0. The topological polar surface area (TPSA) is 52.4 Å². The van der Waals surface area contributed by atoms with Crippen LogP contribution in [0.4, 0.5) is 0 Å². The molecule has 1 saturated heterocycles. The Morgan fingerprint density at radius 2 is 2.38 bits per heavy atom. The number of hydrogen-bond donors (Lipinski definition) is 0. The maximum Gasteiger partial charge on any atom is 0.250 e. The Bertz CT molecular complexity index is 192. The van der Waals surface area contributed by atoms with Gasteiger partial charge in [0.05, 0.1) is 6.61 Å². The zero-order valence-corrected chi connectivity index (χ0v) is 8.80. The predicted molar refractivity (Wildman–Crippen MR) is 52.5 cm³/mol. The molecule has 0 spiro atoms. The number of ether oxygens (including phenoxy) is 1. The summed E-state index contributed by atoms with van der Waals surface area (Å²) in [5.74, 6) is 0.873. The van der Waals surface area contributed by atoms with Crippen LogP contribution in [-0.2, 0) is 4.74 Å². The lowest BCUT2D eigenvalue weighted by Crippen LogP contribution is -2.43. The van der Waals surface area contributed by atoms with Crippen molar-refractivity contribution >= 4 is 11.8 Å². The predicted octanol–water partition coefficient (Wildman–Crippen LogP) is 1.91. The van der Waals surface area contributed by atoms with Crippen LogP contribution >= 0.6 is 11.8 Å². The molecule has 0 saturated carbocycles. The maximum atomic E-state index is 10.8. The summed E-state index contributed by atoms with van der Waals surface area (Å²) in [6.07, 6.45) is 1.24. The standard InChI is InChI=1S/C8H15NO3S/c1-3-7(9(10)11)8(4-2)12-5-6-13-8/h7H,3-6H2,1-2H3/t7-,8-/m1/s1. The third-order valence-corrected chi connectivity index (χ3v) is 3.96. The molecule has 0 amide bonds. The van der Waals surface area contributed by atoms with E-state index in [9.17, 15) is 10.1 Å². The minimum atomic E-state index is -0.565. The highest BCUT2D eigenvalue weighted by Gasteiger charge is 2.48. The largest absolute Gasteiger partial charge is 0.356 e. The van der Waals surface area contributed by atoms with Crippen LogP contribution in [0.25, 0.3) is 0 Å². The third-order valence-electron chi connectivity index (χ3n) is 2.42. The van der Waals surface area contributed by atoms with Gasteiger partial charge >= 0.3 is 0 Å². The van der Waals surface area contributed by atoms with Crippen LogP contribution in [0.1, 0.15) is 26.7 Å². The molecule has 1 fully saturated rings.